The van der Waals surface area contributed by atoms with E-state index in [-0.39, 0.29) is 11.1 Å². The fourth-order valence-corrected chi connectivity index (χ4v) is 1.96. The molecular formula is C20H14O6. The molecule has 0 aliphatic heterocycles. The molecule has 0 saturated heterocycles. The molecule has 0 spiro atoms. The maximum atomic E-state index is 11.9. The van der Waals surface area contributed by atoms with Crippen molar-refractivity contribution >= 4 is 11.9 Å². The normalized spacial score (nSPS) is 9.85. The molecule has 0 amide bonds. The summed E-state index contributed by atoms with van der Waals surface area (Å²) in [4.78, 5) is 43.2. The molecule has 3 rings (SSSR count). The van der Waals surface area contributed by atoms with Gasteiger partial charge in [0.1, 0.15) is 0 Å². The number of para-hydroxylation sites is 2. The molecule has 0 fully saturated rings. The average molecular weight is 350 g/mol. The van der Waals surface area contributed by atoms with Crippen LogP contribution in [0.15, 0.2) is 84.9 Å². The highest BCUT2D eigenvalue weighted by molar-refractivity contribution is 5.93. The van der Waals surface area contributed by atoms with Crippen LogP contribution in [0, 0.1) is 0 Å². The molecule has 0 atom stereocenters. The van der Waals surface area contributed by atoms with Gasteiger partial charge in [0, 0.05) is 0 Å². The van der Waals surface area contributed by atoms with Gasteiger partial charge < -0.3 is 0 Å². The minimum Gasteiger partial charge on any atom is -0.287 e. The summed E-state index contributed by atoms with van der Waals surface area (Å²) < 4.78 is 0. The van der Waals surface area contributed by atoms with Crippen molar-refractivity contribution in [3.05, 3.63) is 96.1 Å². The van der Waals surface area contributed by atoms with Gasteiger partial charge in [-0.25, -0.2) is 19.4 Å². The standard InChI is InChI=1S/C20H14O6/c21-19(25-23-17-7-3-1-4-8-17)15-11-13-16(14-12-15)20(22)26-24-18-9-5-2-6-10-18/h1-14H. The SMILES string of the molecule is O=C(OOc1ccccc1)c1ccc(C(=O)OOc2ccccc2)cc1. The second kappa shape index (κ2) is 8.34. The first kappa shape index (κ1) is 17.0. The zero-order valence-corrected chi connectivity index (χ0v) is 13.5. The fourth-order valence-electron chi connectivity index (χ4n) is 1.96. The fraction of sp³-hybridized carbons (Fsp3) is 0. The Bertz CT molecular complexity index is 785. The van der Waals surface area contributed by atoms with Gasteiger partial charge in [-0.3, -0.25) is 9.78 Å². The summed E-state index contributed by atoms with van der Waals surface area (Å²) in [6.45, 7) is 0. The summed E-state index contributed by atoms with van der Waals surface area (Å²) in [6, 6.07) is 22.9. The van der Waals surface area contributed by atoms with Crippen molar-refractivity contribution in [3.8, 4) is 11.5 Å². The van der Waals surface area contributed by atoms with Crippen LogP contribution in [-0.4, -0.2) is 11.9 Å². The third-order valence-electron chi connectivity index (χ3n) is 3.27. The maximum absolute atomic E-state index is 11.9. The monoisotopic (exact) mass is 350 g/mol. The second-order valence-corrected chi connectivity index (χ2v) is 5.11. The lowest BCUT2D eigenvalue weighted by Crippen LogP contribution is -2.10. The number of hydrogen-bond donors (Lipinski definition) is 0. The van der Waals surface area contributed by atoms with Crippen LogP contribution in [0.2, 0.25) is 0 Å². The molecule has 0 N–H and O–H groups in total. The molecule has 0 saturated carbocycles. The van der Waals surface area contributed by atoms with Crippen molar-refractivity contribution in [1.82, 2.24) is 0 Å². The van der Waals surface area contributed by atoms with E-state index in [2.05, 4.69) is 0 Å². The molecule has 0 radical (unpaired) electrons. The van der Waals surface area contributed by atoms with E-state index in [9.17, 15) is 9.59 Å². The Morgan fingerprint density at radius 2 is 0.846 bits per heavy atom. The largest absolute Gasteiger partial charge is 0.386 e. The van der Waals surface area contributed by atoms with E-state index in [1.165, 1.54) is 24.3 Å². The van der Waals surface area contributed by atoms with Crippen molar-refractivity contribution in [2.75, 3.05) is 0 Å². The van der Waals surface area contributed by atoms with Gasteiger partial charge in [0.2, 0.25) is 0 Å². The molecule has 26 heavy (non-hydrogen) atoms. The van der Waals surface area contributed by atoms with Crippen LogP contribution in [0.3, 0.4) is 0 Å². The quantitative estimate of drug-likeness (QED) is 0.494. The van der Waals surface area contributed by atoms with E-state index in [4.69, 9.17) is 19.6 Å². The maximum Gasteiger partial charge on any atom is 0.386 e. The highest BCUT2D eigenvalue weighted by Crippen LogP contribution is 2.13. The average Bonchev–Trinajstić information content (AvgIpc) is 2.72. The lowest BCUT2D eigenvalue weighted by Gasteiger charge is -2.06. The Hall–Kier alpha value is -3.80. The van der Waals surface area contributed by atoms with Crippen LogP contribution >= 0.6 is 0 Å². The van der Waals surface area contributed by atoms with E-state index in [1.54, 1.807) is 48.5 Å². The summed E-state index contributed by atoms with van der Waals surface area (Å²) in [6.07, 6.45) is 0. The summed E-state index contributed by atoms with van der Waals surface area (Å²) in [5.74, 6) is -0.568. The number of rotatable bonds is 6. The predicted octanol–water partition coefficient (Wildman–Crippen LogP) is 3.99. The Kier molecular flexibility index (Phi) is 5.47. The van der Waals surface area contributed by atoms with E-state index in [1.807, 2.05) is 12.1 Å². The number of hydrogen-bond acceptors (Lipinski definition) is 6. The van der Waals surface area contributed by atoms with Gasteiger partial charge >= 0.3 is 11.9 Å². The Morgan fingerprint density at radius 1 is 0.500 bits per heavy atom. The first-order valence-electron chi connectivity index (χ1n) is 7.70. The molecule has 3 aromatic carbocycles. The van der Waals surface area contributed by atoms with Crippen LogP contribution < -0.4 is 9.78 Å². The molecule has 0 unspecified atom stereocenters. The number of carbonyl (C=O) groups excluding carboxylic acids is 2. The summed E-state index contributed by atoms with van der Waals surface area (Å²) in [5.41, 5.74) is 0.447. The van der Waals surface area contributed by atoms with Crippen LogP contribution in [0.4, 0.5) is 0 Å². The van der Waals surface area contributed by atoms with Crippen LogP contribution in [0.5, 0.6) is 11.5 Å². The molecule has 0 heterocycles. The van der Waals surface area contributed by atoms with Gasteiger partial charge in [-0.2, -0.15) is 0 Å². The first-order valence-corrected chi connectivity index (χ1v) is 7.70. The lowest BCUT2D eigenvalue weighted by atomic mass is 10.1. The smallest absolute Gasteiger partial charge is 0.287 e. The van der Waals surface area contributed by atoms with E-state index in [0.29, 0.717) is 11.5 Å². The van der Waals surface area contributed by atoms with Gasteiger partial charge in [-0.05, 0) is 48.5 Å². The molecular weight excluding hydrogens is 336 g/mol. The second-order valence-electron chi connectivity index (χ2n) is 5.11. The zero-order chi connectivity index (χ0) is 18.2. The third-order valence-corrected chi connectivity index (χ3v) is 3.27. The van der Waals surface area contributed by atoms with Crippen molar-refractivity contribution in [3.63, 3.8) is 0 Å². The first-order chi connectivity index (χ1) is 12.7. The lowest BCUT2D eigenvalue weighted by molar-refractivity contribution is -0.150. The van der Waals surface area contributed by atoms with Crippen molar-refractivity contribution < 1.29 is 29.1 Å². The summed E-state index contributed by atoms with van der Waals surface area (Å²) >= 11 is 0. The Morgan fingerprint density at radius 3 is 1.19 bits per heavy atom. The Balaban J connectivity index is 1.53. The molecule has 6 heteroatoms. The molecule has 6 nitrogen and oxygen atoms in total. The minimum atomic E-state index is -0.686. The summed E-state index contributed by atoms with van der Waals surface area (Å²) in [7, 11) is 0. The summed E-state index contributed by atoms with van der Waals surface area (Å²) in [5, 5.41) is 0. The van der Waals surface area contributed by atoms with Crippen LogP contribution in [0.25, 0.3) is 0 Å². The molecule has 0 aliphatic rings. The van der Waals surface area contributed by atoms with Crippen LogP contribution in [0.1, 0.15) is 20.7 Å². The predicted molar refractivity (Wildman–Crippen MR) is 91.4 cm³/mol. The Labute approximate surface area is 149 Å². The highest BCUT2D eigenvalue weighted by Gasteiger charge is 2.13. The van der Waals surface area contributed by atoms with Gasteiger partial charge in [0.25, 0.3) is 0 Å². The minimum absolute atomic E-state index is 0.224. The van der Waals surface area contributed by atoms with E-state index < -0.39 is 11.9 Å². The van der Waals surface area contributed by atoms with E-state index in [0.717, 1.165) is 0 Å². The van der Waals surface area contributed by atoms with Gasteiger partial charge in [-0.15, -0.1) is 0 Å². The number of benzene rings is 3. The third kappa shape index (κ3) is 4.61. The van der Waals surface area contributed by atoms with Crippen molar-refractivity contribution in [2.45, 2.75) is 0 Å². The molecule has 0 aliphatic carbocycles. The molecule has 3 aromatic rings. The molecule has 0 aromatic heterocycles. The zero-order valence-electron chi connectivity index (χ0n) is 13.5. The van der Waals surface area contributed by atoms with Crippen molar-refractivity contribution in [1.29, 1.82) is 0 Å². The van der Waals surface area contributed by atoms with Crippen LogP contribution in [-0.2, 0) is 9.78 Å². The molecule has 0 bridgehead atoms. The van der Waals surface area contributed by atoms with Gasteiger partial charge in [-0.1, -0.05) is 36.4 Å². The topological polar surface area (TPSA) is 71.1 Å². The van der Waals surface area contributed by atoms with E-state index >= 15 is 0 Å². The van der Waals surface area contributed by atoms with Crippen molar-refractivity contribution in [2.24, 2.45) is 0 Å². The highest BCUT2D eigenvalue weighted by atomic mass is 17.2. The van der Waals surface area contributed by atoms with Gasteiger partial charge in [0.05, 0.1) is 11.1 Å². The van der Waals surface area contributed by atoms with Gasteiger partial charge in [0.15, 0.2) is 11.5 Å². The number of carbonyl (C=O) groups is 2. The molecule has 130 valence electrons.